The Morgan fingerprint density at radius 2 is 1.85 bits per heavy atom. The van der Waals surface area contributed by atoms with Gasteiger partial charge in [0.1, 0.15) is 6.10 Å². The molecule has 0 bridgehead atoms. The van der Waals surface area contributed by atoms with E-state index in [2.05, 4.69) is 6.92 Å². The summed E-state index contributed by atoms with van der Waals surface area (Å²) < 4.78 is 5.45. The summed E-state index contributed by atoms with van der Waals surface area (Å²) in [6.07, 6.45) is 7.25. The molecule has 2 heteroatoms. The Hall–Kier alpha value is -0.530. The molecule has 0 aromatic carbocycles. The van der Waals surface area contributed by atoms with E-state index in [1.807, 2.05) is 0 Å². The zero-order valence-electron chi connectivity index (χ0n) is 8.29. The second-order valence-electron chi connectivity index (χ2n) is 4.52. The number of rotatable bonds is 2. The van der Waals surface area contributed by atoms with E-state index < -0.39 is 0 Å². The van der Waals surface area contributed by atoms with Gasteiger partial charge in [-0.25, -0.2) is 0 Å². The van der Waals surface area contributed by atoms with E-state index in [1.54, 1.807) is 0 Å². The van der Waals surface area contributed by atoms with Crippen LogP contribution < -0.4 is 0 Å². The van der Waals surface area contributed by atoms with E-state index in [0.29, 0.717) is 5.92 Å². The van der Waals surface area contributed by atoms with Crippen LogP contribution in [0.2, 0.25) is 0 Å². The van der Waals surface area contributed by atoms with Gasteiger partial charge in [0.05, 0.1) is 5.92 Å². The molecule has 74 valence electrons. The van der Waals surface area contributed by atoms with Crippen LogP contribution in [0.3, 0.4) is 0 Å². The molecular formula is C11H18O2. The third-order valence-corrected chi connectivity index (χ3v) is 3.25. The summed E-state index contributed by atoms with van der Waals surface area (Å²) in [4.78, 5) is 11.5. The van der Waals surface area contributed by atoms with Crippen molar-refractivity contribution in [3.05, 3.63) is 0 Å². The van der Waals surface area contributed by atoms with Crippen LogP contribution in [0.25, 0.3) is 0 Å². The molecule has 13 heavy (non-hydrogen) atoms. The molecule has 0 N–H and O–H groups in total. The fraction of sp³-hybridized carbons (Fsp3) is 0.909. The monoisotopic (exact) mass is 182 g/mol. The third kappa shape index (κ3) is 2.23. The van der Waals surface area contributed by atoms with Crippen LogP contribution in [-0.4, -0.2) is 12.1 Å². The fourth-order valence-corrected chi connectivity index (χ4v) is 2.09. The molecule has 0 unspecified atom stereocenters. The van der Waals surface area contributed by atoms with Crippen LogP contribution in [0.15, 0.2) is 0 Å². The lowest BCUT2D eigenvalue weighted by atomic mass is 9.98. The van der Waals surface area contributed by atoms with Crippen molar-refractivity contribution in [2.24, 2.45) is 11.8 Å². The largest absolute Gasteiger partial charge is 0.462 e. The van der Waals surface area contributed by atoms with Gasteiger partial charge < -0.3 is 4.74 Å². The Kier molecular flexibility index (Phi) is 2.56. The van der Waals surface area contributed by atoms with Gasteiger partial charge in [-0.1, -0.05) is 13.3 Å². The summed E-state index contributed by atoms with van der Waals surface area (Å²) in [5.41, 5.74) is 0. The molecule has 0 radical (unpaired) electrons. The highest BCUT2D eigenvalue weighted by molar-refractivity contribution is 5.75. The normalized spacial score (nSPS) is 34.2. The Balaban J connectivity index is 1.73. The molecule has 2 nitrogen and oxygen atoms in total. The molecule has 2 atom stereocenters. The van der Waals surface area contributed by atoms with E-state index in [4.69, 9.17) is 4.74 Å². The van der Waals surface area contributed by atoms with Crippen molar-refractivity contribution in [3.8, 4) is 0 Å². The first kappa shape index (κ1) is 9.04. The van der Waals surface area contributed by atoms with Crippen LogP contribution in [0.4, 0.5) is 0 Å². The molecule has 2 rings (SSSR count). The molecule has 0 aliphatic heterocycles. The molecule has 2 aliphatic carbocycles. The van der Waals surface area contributed by atoms with Crippen LogP contribution in [-0.2, 0) is 9.53 Å². The molecule has 0 amide bonds. The summed E-state index contributed by atoms with van der Waals surface area (Å²) in [7, 11) is 0. The Labute approximate surface area is 79.7 Å². The van der Waals surface area contributed by atoms with Gasteiger partial charge >= 0.3 is 5.97 Å². The lowest BCUT2D eigenvalue weighted by Crippen LogP contribution is -2.22. The van der Waals surface area contributed by atoms with Gasteiger partial charge in [-0.2, -0.15) is 0 Å². The minimum absolute atomic E-state index is 0.0689. The maximum absolute atomic E-state index is 11.5. The topological polar surface area (TPSA) is 26.3 Å². The van der Waals surface area contributed by atoms with Crippen LogP contribution >= 0.6 is 0 Å². The molecule has 0 aromatic heterocycles. The average Bonchev–Trinajstić information content (AvgIpc) is 2.84. The van der Waals surface area contributed by atoms with E-state index >= 15 is 0 Å². The first-order valence-electron chi connectivity index (χ1n) is 5.48. The first-order chi connectivity index (χ1) is 6.27. The SMILES string of the molecule is C[C@H]1C[C@@H]1C(=O)OC1CCCCC1. The molecule has 0 saturated heterocycles. The van der Waals surface area contributed by atoms with Gasteiger partial charge in [-0.05, 0) is 38.0 Å². The fourth-order valence-electron chi connectivity index (χ4n) is 2.09. The second-order valence-corrected chi connectivity index (χ2v) is 4.52. The highest BCUT2D eigenvalue weighted by Gasteiger charge is 2.41. The van der Waals surface area contributed by atoms with Crippen molar-refractivity contribution in [1.29, 1.82) is 0 Å². The predicted molar refractivity (Wildman–Crippen MR) is 50.2 cm³/mol. The lowest BCUT2D eigenvalue weighted by Gasteiger charge is -2.21. The van der Waals surface area contributed by atoms with Gasteiger partial charge in [-0.3, -0.25) is 4.79 Å². The molecule has 2 fully saturated rings. The van der Waals surface area contributed by atoms with Crippen molar-refractivity contribution in [3.63, 3.8) is 0 Å². The Morgan fingerprint density at radius 1 is 1.23 bits per heavy atom. The summed E-state index contributed by atoms with van der Waals surface area (Å²) in [5, 5.41) is 0. The molecular weight excluding hydrogens is 164 g/mol. The number of esters is 1. The Morgan fingerprint density at radius 3 is 2.38 bits per heavy atom. The summed E-state index contributed by atoms with van der Waals surface area (Å²) in [6, 6.07) is 0. The van der Waals surface area contributed by atoms with Crippen molar-refractivity contribution in [2.45, 2.75) is 51.6 Å². The van der Waals surface area contributed by atoms with Crippen LogP contribution in [0, 0.1) is 11.8 Å². The minimum Gasteiger partial charge on any atom is -0.462 e. The minimum atomic E-state index is 0.0689. The molecule has 2 saturated carbocycles. The smallest absolute Gasteiger partial charge is 0.309 e. The van der Waals surface area contributed by atoms with E-state index in [-0.39, 0.29) is 18.0 Å². The quantitative estimate of drug-likeness (QED) is 0.613. The maximum Gasteiger partial charge on any atom is 0.309 e. The second kappa shape index (κ2) is 3.69. The molecule has 0 spiro atoms. The van der Waals surface area contributed by atoms with Gasteiger partial charge in [0, 0.05) is 0 Å². The van der Waals surface area contributed by atoms with Crippen LogP contribution in [0.1, 0.15) is 45.4 Å². The van der Waals surface area contributed by atoms with Gasteiger partial charge in [0.25, 0.3) is 0 Å². The van der Waals surface area contributed by atoms with Crippen molar-refractivity contribution >= 4 is 5.97 Å². The van der Waals surface area contributed by atoms with E-state index in [0.717, 1.165) is 19.3 Å². The average molecular weight is 182 g/mol. The van der Waals surface area contributed by atoms with Crippen molar-refractivity contribution in [2.75, 3.05) is 0 Å². The number of hydrogen-bond acceptors (Lipinski definition) is 2. The van der Waals surface area contributed by atoms with Gasteiger partial charge in [0.15, 0.2) is 0 Å². The number of carbonyl (C=O) groups is 1. The van der Waals surface area contributed by atoms with E-state index in [1.165, 1.54) is 19.3 Å². The highest BCUT2D eigenvalue weighted by atomic mass is 16.5. The number of carbonyl (C=O) groups excluding carboxylic acids is 1. The third-order valence-electron chi connectivity index (χ3n) is 3.25. The lowest BCUT2D eigenvalue weighted by molar-refractivity contribution is -0.152. The van der Waals surface area contributed by atoms with Crippen molar-refractivity contribution < 1.29 is 9.53 Å². The highest BCUT2D eigenvalue weighted by Crippen LogP contribution is 2.39. The predicted octanol–water partition coefficient (Wildman–Crippen LogP) is 2.52. The van der Waals surface area contributed by atoms with Gasteiger partial charge in [0.2, 0.25) is 0 Å². The zero-order chi connectivity index (χ0) is 9.26. The van der Waals surface area contributed by atoms with Gasteiger partial charge in [-0.15, -0.1) is 0 Å². The standard InChI is InChI=1S/C11H18O2/c1-8-7-10(8)11(12)13-9-5-3-2-4-6-9/h8-10H,2-7H2,1H3/t8-,10-/m0/s1. The zero-order valence-corrected chi connectivity index (χ0v) is 8.29. The molecule has 0 heterocycles. The molecule has 2 aliphatic rings. The first-order valence-corrected chi connectivity index (χ1v) is 5.48. The molecule has 0 aromatic rings. The summed E-state index contributed by atoms with van der Waals surface area (Å²) in [5.74, 6) is 0.886. The number of hydrogen-bond donors (Lipinski definition) is 0. The summed E-state index contributed by atoms with van der Waals surface area (Å²) in [6.45, 7) is 2.12. The summed E-state index contributed by atoms with van der Waals surface area (Å²) >= 11 is 0. The van der Waals surface area contributed by atoms with E-state index in [9.17, 15) is 4.79 Å². The van der Waals surface area contributed by atoms with Crippen molar-refractivity contribution in [1.82, 2.24) is 0 Å². The maximum atomic E-state index is 11.5. The van der Waals surface area contributed by atoms with Crippen LogP contribution in [0.5, 0.6) is 0 Å². The Bertz CT molecular complexity index is 194. The number of ether oxygens (including phenoxy) is 1.